The van der Waals surface area contributed by atoms with Crippen molar-refractivity contribution in [2.75, 3.05) is 33.0 Å². The number of hydrogen-bond donors (Lipinski definition) is 0. The van der Waals surface area contributed by atoms with Gasteiger partial charge in [-0.25, -0.2) is 0 Å². The summed E-state index contributed by atoms with van der Waals surface area (Å²) in [5.41, 5.74) is 2.51. The van der Waals surface area contributed by atoms with Crippen LogP contribution in [0.4, 0.5) is 0 Å². The highest BCUT2D eigenvalue weighted by molar-refractivity contribution is 7.98. The summed E-state index contributed by atoms with van der Waals surface area (Å²) in [6.45, 7) is 8.47. The number of unbranched alkanes of at least 4 members (excludes halogenated alkanes) is 4. The molecule has 3 rings (SSSR count). The van der Waals surface area contributed by atoms with E-state index in [-0.39, 0.29) is 0 Å². The second kappa shape index (κ2) is 12.0. The first-order valence-electron chi connectivity index (χ1n) is 11.9. The summed E-state index contributed by atoms with van der Waals surface area (Å²) in [4.78, 5) is 7.35. The molecule has 0 radical (unpaired) electrons. The predicted octanol–water partition coefficient (Wildman–Crippen LogP) is 6.97. The molecule has 30 heavy (non-hydrogen) atoms. The monoisotopic (exact) mass is 428 g/mol. The minimum Gasteiger partial charge on any atom is -0.497 e. The van der Waals surface area contributed by atoms with E-state index in [1.807, 2.05) is 24.0 Å². The molecule has 0 amide bonds. The minimum absolute atomic E-state index is 0.513. The van der Waals surface area contributed by atoms with Crippen LogP contribution in [0.15, 0.2) is 30.5 Å². The van der Waals surface area contributed by atoms with Crippen LogP contribution < -0.4 is 4.74 Å². The number of piperidine rings is 1. The lowest BCUT2D eigenvalue weighted by Crippen LogP contribution is -2.42. The van der Waals surface area contributed by atoms with Gasteiger partial charge in [0.05, 0.1) is 12.6 Å². The molecular formula is C26H40N2OS. The van der Waals surface area contributed by atoms with Gasteiger partial charge in [-0.15, -0.1) is 0 Å². The van der Waals surface area contributed by atoms with Crippen molar-refractivity contribution in [2.45, 2.75) is 64.0 Å². The normalized spacial score (nSPS) is 21.1. The number of nitrogens with zero attached hydrogens (tertiary/aromatic N) is 2. The Morgan fingerprint density at radius 3 is 2.73 bits per heavy atom. The largest absolute Gasteiger partial charge is 0.497 e. The Labute approximate surface area is 188 Å². The van der Waals surface area contributed by atoms with Gasteiger partial charge >= 0.3 is 0 Å². The summed E-state index contributed by atoms with van der Waals surface area (Å²) in [5.74, 6) is 2.40. The Morgan fingerprint density at radius 1 is 1.17 bits per heavy atom. The summed E-state index contributed by atoms with van der Waals surface area (Å²) >= 11 is 2.02. The Hall–Kier alpha value is -1.26. The van der Waals surface area contributed by atoms with Gasteiger partial charge in [0.1, 0.15) is 5.75 Å². The summed E-state index contributed by atoms with van der Waals surface area (Å²) in [6.07, 6.45) is 13.7. The third-order valence-corrected chi connectivity index (χ3v) is 8.02. The number of thioether (sulfide) groups is 1. The molecule has 2 aromatic rings. The zero-order valence-electron chi connectivity index (χ0n) is 19.4. The second-order valence-corrected chi connectivity index (χ2v) is 9.75. The molecule has 2 heterocycles. The molecule has 0 bridgehead atoms. The van der Waals surface area contributed by atoms with Gasteiger partial charge in [0.15, 0.2) is 0 Å². The highest BCUT2D eigenvalue weighted by Gasteiger charge is 2.34. The summed E-state index contributed by atoms with van der Waals surface area (Å²) in [7, 11) is 1.74. The lowest BCUT2D eigenvalue weighted by molar-refractivity contribution is 0.112. The lowest BCUT2D eigenvalue weighted by Gasteiger charge is -2.42. The highest BCUT2D eigenvalue weighted by Crippen LogP contribution is 2.45. The van der Waals surface area contributed by atoms with Crippen molar-refractivity contribution in [3.63, 3.8) is 0 Å². The van der Waals surface area contributed by atoms with Crippen LogP contribution in [0.25, 0.3) is 10.9 Å². The van der Waals surface area contributed by atoms with Crippen molar-refractivity contribution in [1.29, 1.82) is 0 Å². The minimum atomic E-state index is 0.513. The van der Waals surface area contributed by atoms with Gasteiger partial charge in [-0.05, 0) is 73.9 Å². The average Bonchev–Trinajstić information content (AvgIpc) is 2.79. The van der Waals surface area contributed by atoms with Gasteiger partial charge < -0.3 is 9.64 Å². The van der Waals surface area contributed by atoms with E-state index in [1.54, 1.807) is 7.11 Å². The summed E-state index contributed by atoms with van der Waals surface area (Å²) < 4.78 is 5.51. The van der Waals surface area contributed by atoms with Gasteiger partial charge in [-0.2, -0.15) is 11.8 Å². The molecule has 0 N–H and O–H groups in total. The van der Waals surface area contributed by atoms with E-state index < -0.39 is 0 Å². The van der Waals surface area contributed by atoms with Gasteiger partial charge in [0.2, 0.25) is 0 Å². The topological polar surface area (TPSA) is 25.4 Å². The fourth-order valence-electron chi connectivity index (χ4n) is 5.15. The third-order valence-electron chi connectivity index (χ3n) is 6.91. The van der Waals surface area contributed by atoms with Crippen molar-refractivity contribution in [3.8, 4) is 5.75 Å². The Morgan fingerprint density at radius 2 is 2.00 bits per heavy atom. The number of ether oxygens (including phenoxy) is 1. The molecule has 0 saturated carbocycles. The van der Waals surface area contributed by atoms with Crippen molar-refractivity contribution in [3.05, 3.63) is 36.0 Å². The SMILES string of the molecule is CCCCCCCN1CC[C@@H](C(SC)c2ccnc3ccc(OC)cc23)[C@@H](CC)C1. The van der Waals surface area contributed by atoms with Crippen LogP contribution in [0.2, 0.25) is 0 Å². The number of fused-ring (bicyclic) bond motifs is 1. The van der Waals surface area contributed by atoms with Gasteiger partial charge in [0, 0.05) is 23.4 Å². The van der Waals surface area contributed by atoms with Crippen molar-refractivity contribution >= 4 is 22.7 Å². The molecule has 1 aromatic heterocycles. The number of methoxy groups -OCH3 is 1. The van der Waals surface area contributed by atoms with E-state index in [9.17, 15) is 0 Å². The van der Waals surface area contributed by atoms with Crippen LogP contribution in [0.3, 0.4) is 0 Å². The molecular weight excluding hydrogens is 388 g/mol. The molecule has 1 aliphatic heterocycles. The molecule has 4 heteroatoms. The first-order chi connectivity index (χ1) is 14.7. The number of hydrogen-bond acceptors (Lipinski definition) is 4. The zero-order valence-corrected chi connectivity index (χ0v) is 20.2. The van der Waals surface area contributed by atoms with Crippen LogP contribution in [0.1, 0.15) is 69.6 Å². The maximum Gasteiger partial charge on any atom is 0.119 e. The molecule has 0 aliphatic carbocycles. The van der Waals surface area contributed by atoms with Crippen LogP contribution in [0, 0.1) is 11.8 Å². The Balaban J connectivity index is 1.73. The molecule has 1 aromatic carbocycles. The van der Waals surface area contributed by atoms with E-state index in [0.717, 1.165) is 23.1 Å². The van der Waals surface area contributed by atoms with Crippen LogP contribution in [-0.4, -0.2) is 42.9 Å². The number of benzene rings is 1. The number of rotatable bonds is 11. The second-order valence-electron chi connectivity index (χ2n) is 8.78. The molecule has 166 valence electrons. The quantitative estimate of drug-likeness (QED) is 0.361. The molecule has 3 nitrogen and oxygen atoms in total. The van der Waals surface area contributed by atoms with Gasteiger partial charge in [-0.1, -0.05) is 46.0 Å². The average molecular weight is 429 g/mol. The predicted molar refractivity (Wildman–Crippen MR) is 132 cm³/mol. The standard InChI is InChI=1S/C26H40N2OS/c1-5-7-8-9-10-16-28-17-14-22(20(6-2)19-28)26(30-4)23-13-15-27-25-12-11-21(29-3)18-24(23)25/h11-13,15,18,20,22,26H,5-10,14,16-17,19H2,1-4H3/t20-,22+,26?/m0/s1. The van der Waals surface area contributed by atoms with Crippen LogP contribution >= 0.6 is 11.8 Å². The fourth-order valence-corrected chi connectivity index (χ4v) is 6.32. The molecule has 3 atom stereocenters. The lowest BCUT2D eigenvalue weighted by atomic mass is 9.79. The first-order valence-corrected chi connectivity index (χ1v) is 13.2. The zero-order chi connectivity index (χ0) is 21.3. The Bertz CT molecular complexity index is 781. The summed E-state index contributed by atoms with van der Waals surface area (Å²) in [5, 5.41) is 1.77. The van der Waals surface area contributed by atoms with Crippen molar-refractivity contribution < 1.29 is 4.74 Å². The molecule has 1 fully saturated rings. The summed E-state index contributed by atoms with van der Waals surface area (Å²) in [6, 6.07) is 8.53. The van der Waals surface area contributed by atoms with Crippen LogP contribution in [-0.2, 0) is 0 Å². The highest BCUT2D eigenvalue weighted by atomic mass is 32.2. The molecule has 1 aliphatic rings. The molecule has 1 saturated heterocycles. The first kappa shape index (κ1) is 23.4. The van der Waals surface area contributed by atoms with Crippen molar-refractivity contribution in [2.24, 2.45) is 11.8 Å². The number of pyridine rings is 1. The van der Waals surface area contributed by atoms with Crippen molar-refractivity contribution in [1.82, 2.24) is 9.88 Å². The van der Waals surface area contributed by atoms with E-state index >= 15 is 0 Å². The number of aromatic nitrogens is 1. The maximum atomic E-state index is 5.51. The number of likely N-dealkylation sites (tertiary alicyclic amines) is 1. The Kier molecular flexibility index (Phi) is 9.32. The van der Waals surface area contributed by atoms with E-state index in [0.29, 0.717) is 5.25 Å². The maximum absolute atomic E-state index is 5.51. The third kappa shape index (κ3) is 5.70. The van der Waals surface area contributed by atoms with Gasteiger partial charge in [0.25, 0.3) is 0 Å². The molecule has 1 unspecified atom stereocenters. The fraction of sp³-hybridized carbons (Fsp3) is 0.654. The molecule has 0 spiro atoms. The smallest absolute Gasteiger partial charge is 0.119 e. The van der Waals surface area contributed by atoms with E-state index in [2.05, 4.69) is 48.2 Å². The van der Waals surface area contributed by atoms with Crippen LogP contribution in [0.5, 0.6) is 5.75 Å². The van der Waals surface area contributed by atoms with E-state index in [1.165, 1.54) is 75.5 Å². The van der Waals surface area contributed by atoms with Gasteiger partial charge in [-0.3, -0.25) is 4.98 Å². The van der Waals surface area contributed by atoms with E-state index in [4.69, 9.17) is 4.74 Å².